The van der Waals surface area contributed by atoms with Gasteiger partial charge in [0.15, 0.2) is 11.6 Å². The van der Waals surface area contributed by atoms with E-state index >= 15 is 0 Å². The number of hydrogen-bond donors (Lipinski definition) is 5. The van der Waals surface area contributed by atoms with Crippen LogP contribution in [0, 0.1) is 0 Å². The molecule has 5 unspecified atom stereocenters. The molecule has 11 nitrogen and oxygen atoms in total. The smallest absolute Gasteiger partial charge is 0.471 e. The van der Waals surface area contributed by atoms with Crippen LogP contribution in [0.15, 0.2) is 18.2 Å². The first kappa shape index (κ1) is 31.4. The molecule has 0 saturated carbocycles. The molecular weight excluding hydrogens is 591 g/mol. The second kappa shape index (κ2) is 10.9. The molecule has 0 aromatic heterocycles. The topological polar surface area (TPSA) is 180 Å². The standard InChI is InChI=1S/C30H30F3NO10/c1-11-23(36)17(34-28(41)30(31,32)33)8-14(44-11)7-13-9-29(42,12(2)35)10-16-19(13)26(39)22-21(25(16)38)24(37)15-5-4-6-18(43-3)20(15)27(22)40/h4-6,11,13-14,17,23,36,38-39,42H,7-10H2,1-3H3,(H,34,41)/t11?,13-,14?,17?,23?,29?/m0/s1. The molecule has 2 aromatic rings. The van der Waals surface area contributed by atoms with Gasteiger partial charge in [-0.05, 0) is 45.1 Å². The zero-order valence-electron chi connectivity index (χ0n) is 23.8. The van der Waals surface area contributed by atoms with E-state index in [4.69, 9.17) is 9.47 Å². The molecule has 0 spiro atoms. The van der Waals surface area contributed by atoms with Crippen LogP contribution in [0.25, 0.3) is 0 Å². The van der Waals surface area contributed by atoms with Crippen molar-refractivity contribution in [3.63, 3.8) is 0 Å². The second-order valence-corrected chi connectivity index (χ2v) is 11.5. The molecule has 6 atom stereocenters. The predicted octanol–water partition coefficient (Wildman–Crippen LogP) is 2.21. The molecule has 1 fully saturated rings. The first-order valence-corrected chi connectivity index (χ1v) is 13.8. The van der Waals surface area contributed by atoms with Crippen molar-refractivity contribution >= 4 is 23.3 Å². The molecule has 2 aliphatic carbocycles. The Kier molecular flexibility index (Phi) is 7.75. The molecular formula is C30H30F3NO10. The molecule has 5 rings (SSSR count). The van der Waals surface area contributed by atoms with E-state index in [1.165, 1.54) is 32.2 Å². The molecule has 3 aliphatic rings. The Labute approximate surface area is 248 Å². The average molecular weight is 622 g/mol. The number of methoxy groups -OCH3 is 1. The SMILES string of the molecule is COc1cccc2c1C(=O)c1c(O)c3c(c(O)c1C2=O)CC(O)(C(C)=O)C[C@@H]3CC1CC(NC(=O)C(F)(F)F)C(O)C(C)O1. The Bertz CT molecular complexity index is 1590. The number of alkyl halides is 3. The average Bonchev–Trinajstić information content (AvgIpc) is 2.94. The number of aliphatic hydroxyl groups is 2. The summed E-state index contributed by atoms with van der Waals surface area (Å²) in [5.74, 6) is -6.88. The summed E-state index contributed by atoms with van der Waals surface area (Å²) >= 11 is 0. The summed E-state index contributed by atoms with van der Waals surface area (Å²) < 4.78 is 49.9. The lowest BCUT2D eigenvalue weighted by atomic mass is 9.67. The number of carbonyl (C=O) groups is 4. The zero-order valence-corrected chi connectivity index (χ0v) is 23.8. The molecule has 5 N–H and O–H groups in total. The number of ketones is 3. The lowest BCUT2D eigenvalue weighted by Gasteiger charge is -2.43. The summed E-state index contributed by atoms with van der Waals surface area (Å²) in [6.45, 7) is 2.51. The van der Waals surface area contributed by atoms with Gasteiger partial charge in [-0.25, -0.2) is 0 Å². The van der Waals surface area contributed by atoms with Gasteiger partial charge < -0.3 is 35.2 Å². The van der Waals surface area contributed by atoms with Gasteiger partial charge >= 0.3 is 12.1 Å². The molecule has 0 bridgehead atoms. The van der Waals surface area contributed by atoms with Gasteiger partial charge in [-0.1, -0.05) is 12.1 Å². The number of fused-ring (bicyclic) bond motifs is 3. The van der Waals surface area contributed by atoms with Gasteiger partial charge in [0.05, 0.1) is 42.0 Å². The number of aliphatic hydroxyl groups excluding tert-OH is 1. The summed E-state index contributed by atoms with van der Waals surface area (Å²) in [5.41, 5.74) is -3.47. The fourth-order valence-electron chi connectivity index (χ4n) is 6.63. The molecule has 0 radical (unpaired) electrons. The van der Waals surface area contributed by atoms with Crippen molar-refractivity contribution in [2.24, 2.45) is 0 Å². The molecule has 236 valence electrons. The van der Waals surface area contributed by atoms with Crippen LogP contribution in [0.2, 0.25) is 0 Å². The number of amides is 1. The molecule has 1 saturated heterocycles. The highest BCUT2D eigenvalue weighted by Gasteiger charge is 2.49. The van der Waals surface area contributed by atoms with Crippen LogP contribution in [0.3, 0.4) is 0 Å². The molecule has 2 aromatic carbocycles. The summed E-state index contributed by atoms with van der Waals surface area (Å²) in [7, 11) is 1.29. The van der Waals surface area contributed by atoms with Gasteiger partial charge in [-0.3, -0.25) is 19.2 Å². The highest BCUT2D eigenvalue weighted by molar-refractivity contribution is 6.31. The lowest BCUT2D eigenvalue weighted by molar-refractivity contribution is -0.179. The summed E-state index contributed by atoms with van der Waals surface area (Å²) in [4.78, 5) is 51.6. The maximum absolute atomic E-state index is 13.7. The van der Waals surface area contributed by atoms with E-state index in [1.54, 1.807) is 5.32 Å². The van der Waals surface area contributed by atoms with Gasteiger partial charge in [-0.2, -0.15) is 13.2 Å². The minimum absolute atomic E-state index is 0.0371. The van der Waals surface area contributed by atoms with Crippen LogP contribution < -0.4 is 10.1 Å². The number of phenols is 2. The third-order valence-electron chi connectivity index (χ3n) is 8.82. The first-order chi connectivity index (χ1) is 20.5. The molecule has 1 aliphatic heterocycles. The third-order valence-corrected chi connectivity index (χ3v) is 8.82. The van der Waals surface area contributed by atoms with Crippen LogP contribution in [0.5, 0.6) is 17.2 Å². The van der Waals surface area contributed by atoms with E-state index in [-0.39, 0.29) is 47.3 Å². The number of carbonyl (C=O) groups excluding carboxylic acids is 4. The van der Waals surface area contributed by atoms with Crippen molar-refractivity contribution in [3.05, 3.63) is 51.6 Å². The number of hydrogen-bond acceptors (Lipinski definition) is 10. The summed E-state index contributed by atoms with van der Waals surface area (Å²) in [5, 5.41) is 46.6. The van der Waals surface area contributed by atoms with Gasteiger partial charge in [0, 0.05) is 23.1 Å². The molecule has 44 heavy (non-hydrogen) atoms. The van der Waals surface area contributed by atoms with Crippen LogP contribution in [0.1, 0.15) is 82.0 Å². The Morgan fingerprint density at radius 2 is 1.77 bits per heavy atom. The molecule has 14 heteroatoms. The van der Waals surface area contributed by atoms with Crippen LogP contribution >= 0.6 is 0 Å². The van der Waals surface area contributed by atoms with Crippen molar-refractivity contribution in [3.8, 4) is 17.2 Å². The third kappa shape index (κ3) is 5.00. The van der Waals surface area contributed by atoms with Crippen LogP contribution in [0.4, 0.5) is 13.2 Å². The van der Waals surface area contributed by atoms with Crippen molar-refractivity contribution in [1.29, 1.82) is 0 Å². The Balaban J connectivity index is 1.60. The van der Waals surface area contributed by atoms with E-state index in [2.05, 4.69) is 0 Å². The van der Waals surface area contributed by atoms with Gasteiger partial charge in [-0.15, -0.1) is 0 Å². The Hall–Kier alpha value is -4.01. The number of rotatable bonds is 5. The van der Waals surface area contributed by atoms with Crippen LogP contribution in [-0.2, 0) is 20.7 Å². The second-order valence-electron chi connectivity index (χ2n) is 11.5. The van der Waals surface area contributed by atoms with E-state index in [9.17, 15) is 52.8 Å². The molecule has 1 heterocycles. The Morgan fingerprint density at radius 1 is 1.11 bits per heavy atom. The predicted molar refractivity (Wildman–Crippen MR) is 144 cm³/mol. The lowest BCUT2D eigenvalue weighted by Crippen LogP contribution is -2.57. The fourth-order valence-corrected chi connectivity index (χ4v) is 6.63. The van der Waals surface area contributed by atoms with E-state index in [0.29, 0.717) is 0 Å². The minimum Gasteiger partial charge on any atom is -0.507 e. The van der Waals surface area contributed by atoms with Crippen molar-refractivity contribution in [2.45, 2.75) is 81.6 Å². The maximum atomic E-state index is 13.7. The largest absolute Gasteiger partial charge is 0.507 e. The number of benzene rings is 2. The molecule has 1 amide bonds. The van der Waals surface area contributed by atoms with Crippen molar-refractivity contribution in [1.82, 2.24) is 5.32 Å². The van der Waals surface area contributed by atoms with Crippen molar-refractivity contribution < 1.29 is 62.2 Å². The minimum atomic E-state index is -5.20. The normalized spacial score (nSPS) is 28.0. The monoisotopic (exact) mass is 621 g/mol. The van der Waals surface area contributed by atoms with Gasteiger partial charge in [0.2, 0.25) is 5.78 Å². The number of Topliss-reactive ketones (excluding diaryl/α,β-unsaturated/α-hetero) is 1. The van der Waals surface area contributed by atoms with E-state index in [1.807, 2.05) is 0 Å². The zero-order chi connectivity index (χ0) is 32.5. The number of halogens is 3. The number of phenolic OH excluding ortho intramolecular Hbond substituents is 2. The maximum Gasteiger partial charge on any atom is 0.471 e. The quantitative estimate of drug-likeness (QED) is 0.265. The van der Waals surface area contributed by atoms with Gasteiger partial charge in [0.1, 0.15) is 29.0 Å². The summed E-state index contributed by atoms with van der Waals surface area (Å²) in [6, 6.07) is 2.90. The number of nitrogens with one attached hydrogen (secondary N) is 1. The Morgan fingerprint density at radius 3 is 2.39 bits per heavy atom. The van der Waals surface area contributed by atoms with Crippen molar-refractivity contribution in [2.75, 3.05) is 7.11 Å². The van der Waals surface area contributed by atoms with Crippen LogP contribution in [-0.4, -0.2) is 86.9 Å². The highest BCUT2D eigenvalue weighted by atomic mass is 19.4. The fraction of sp³-hybridized carbons (Fsp3) is 0.467. The van der Waals surface area contributed by atoms with E-state index < -0.39 is 94.4 Å². The number of aromatic hydroxyl groups is 2. The summed E-state index contributed by atoms with van der Waals surface area (Å²) in [6.07, 6.45) is -10.0. The van der Waals surface area contributed by atoms with E-state index in [0.717, 1.165) is 6.92 Å². The van der Waals surface area contributed by atoms with Gasteiger partial charge in [0.25, 0.3) is 0 Å². The number of ether oxygens (including phenoxy) is 2. The first-order valence-electron chi connectivity index (χ1n) is 13.8. The highest BCUT2D eigenvalue weighted by Crippen LogP contribution is 2.53.